The number of benzene rings is 1. The Labute approximate surface area is 109 Å². The number of nitrogens with one attached hydrogen (secondary N) is 1. The average Bonchev–Trinajstić information content (AvgIpc) is 3.16. The molecule has 100 valence electrons. The van der Waals surface area contributed by atoms with E-state index in [0.29, 0.717) is 13.0 Å². The molecule has 0 amide bonds. The van der Waals surface area contributed by atoms with Crippen molar-refractivity contribution in [2.45, 2.75) is 38.1 Å². The molecular formula is C15H23FN2. The number of hydrogen-bond donors (Lipinski definition) is 2. The van der Waals surface area contributed by atoms with Crippen LogP contribution in [0.4, 0.5) is 4.39 Å². The van der Waals surface area contributed by atoms with E-state index in [4.69, 9.17) is 5.73 Å². The fourth-order valence-electron chi connectivity index (χ4n) is 2.25. The zero-order valence-electron chi connectivity index (χ0n) is 11.1. The van der Waals surface area contributed by atoms with Crippen LogP contribution in [0.15, 0.2) is 24.3 Å². The predicted molar refractivity (Wildman–Crippen MR) is 72.9 cm³/mol. The van der Waals surface area contributed by atoms with Crippen molar-refractivity contribution in [2.24, 2.45) is 11.7 Å². The summed E-state index contributed by atoms with van der Waals surface area (Å²) < 4.78 is 13.6. The molecule has 1 aliphatic carbocycles. The molecule has 0 radical (unpaired) electrons. The second-order valence-corrected chi connectivity index (χ2v) is 5.69. The van der Waals surface area contributed by atoms with Gasteiger partial charge < -0.3 is 11.1 Å². The number of halogens is 1. The number of nitrogens with two attached hydrogens (primary N) is 1. The first-order valence-corrected chi connectivity index (χ1v) is 6.81. The van der Waals surface area contributed by atoms with Gasteiger partial charge in [0.25, 0.3) is 0 Å². The van der Waals surface area contributed by atoms with Gasteiger partial charge in [0.15, 0.2) is 0 Å². The summed E-state index contributed by atoms with van der Waals surface area (Å²) in [5.74, 6) is 0.772. The Bertz CT molecular complexity index is 390. The molecule has 3 heteroatoms. The van der Waals surface area contributed by atoms with Crippen molar-refractivity contribution in [1.82, 2.24) is 5.32 Å². The van der Waals surface area contributed by atoms with Gasteiger partial charge in [0.1, 0.15) is 5.82 Å². The predicted octanol–water partition coefficient (Wildman–Crippen LogP) is 2.48. The van der Waals surface area contributed by atoms with Crippen LogP contribution in [0.1, 0.15) is 31.7 Å². The zero-order chi connectivity index (χ0) is 13.0. The molecule has 0 aromatic heterocycles. The summed E-state index contributed by atoms with van der Waals surface area (Å²) in [6.07, 6.45) is 4.59. The molecule has 0 aliphatic heterocycles. The van der Waals surface area contributed by atoms with Crippen molar-refractivity contribution in [2.75, 3.05) is 13.1 Å². The lowest BCUT2D eigenvalue weighted by Crippen LogP contribution is -2.50. The second kappa shape index (κ2) is 5.81. The van der Waals surface area contributed by atoms with E-state index in [1.54, 1.807) is 6.07 Å². The summed E-state index contributed by atoms with van der Waals surface area (Å²) in [6.45, 7) is 3.57. The quantitative estimate of drug-likeness (QED) is 0.780. The van der Waals surface area contributed by atoms with E-state index >= 15 is 0 Å². The molecule has 1 atom stereocenters. The van der Waals surface area contributed by atoms with Crippen LogP contribution >= 0.6 is 0 Å². The van der Waals surface area contributed by atoms with E-state index in [1.807, 2.05) is 12.1 Å². The highest BCUT2D eigenvalue weighted by atomic mass is 19.1. The van der Waals surface area contributed by atoms with Crippen molar-refractivity contribution in [3.8, 4) is 0 Å². The maximum atomic E-state index is 13.6. The zero-order valence-corrected chi connectivity index (χ0v) is 11.1. The van der Waals surface area contributed by atoms with Gasteiger partial charge in [-0.1, -0.05) is 31.0 Å². The summed E-state index contributed by atoms with van der Waals surface area (Å²) in [5, 5.41) is 3.50. The molecule has 0 saturated heterocycles. The van der Waals surface area contributed by atoms with Crippen molar-refractivity contribution in [3.63, 3.8) is 0 Å². The van der Waals surface area contributed by atoms with Crippen molar-refractivity contribution in [1.29, 1.82) is 0 Å². The van der Waals surface area contributed by atoms with E-state index in [0.717, 1.165) is 18.0 Å². The Kier molecular flexibility index (Phi) is 4.36. The van der Waals surface area contributed by atoms with Crippen LogP contribution in [-0.2, 0) is 6.42 Å². The van der Waals surface area contributed by atoms with Gasteiger partial charge >= 0.3 is 0 Å². The van der Waals surface area contributed by atoms with E-state index in [-0.39, 0.29) is 11.4 Å². The first-order valence-electron chi connectivity index (χ1n) is 6.81. The third-order valence-electron chi connectivity index (χ3n) is 3.79. The van der Waals surface area contributed by atoms with Gasteiger partial charge in [-0.2, -0.15) is 0 Å². The largest absolute Gasteiger partial charge is 0.329 e. The first kappa shape index (κ1) is 13.5. The van der Waals surface area contributed by atoms with Crippen LogP contribution in [0.2, 0.25) is 0 Å². The van der Waals surface area contributed by atoms with Crippen LogP contribution in [-0.4, -0.2) is 18.6 Å². The van der Waals surface area contributed by atoms with E-state index in [1.165, 1.54) is 25.3 Å². The molecule has 1 saturated carbocycles. The van der Waals surface area contributed by atoms with E-state index < -0.39 is 0 Å². The molecule has 2 rings (SSSR count). The Morgan fingerprint density at radius 2 is 2.11 bits per heavy atom. The van der Waals surface area contributed by atoms with Gasteiger partial charge in [-0.25, -0.2) is 4.39 Å². The van der Waals surface area contributed by atoms with Gasteiger partial charge in [0.05, 0.1) is 0 Å². The van der Waals surface area contributed by atoms with Gasteiger partial charge in [0.2, 0.25) is 0 Å². The Hall–Kier alpha value is -0.930. The van der Waals surface area contributed by atoms with Crippen molar-refractivity contribution >= 4 is 0 Å². The van der Waals surface area contributed by atoms with Gasteiger partial charge in [0, 0.05) is 12.1 Å². The monoisotopic (exact) mass is 250 g/mol. The smallest absolute Gasteiger partial charge is 0.126 e. The maximum absolute atomic E-state index is 13.6. The molecule has 0 spiro atoms. The molecule has 0 bridgehead atoms. The van der Waals surface area contributed by atoms with Gasteiger partial charge in [-0.05, 0) is 43.9 Å². The first-order chi connectivity index (χ1) is 8.63. The van der Waals surface area contributed by atoms with Gasteiger partial charge in [-0.3, -0.25) is 0 Å². The summed E-state index contributed by atoms with van der Waals surface area (Å²) in [7, 11) is 0. The average molecular weight is 250 g/mol. The van der Waals surface area contributed by atoms with Crippen molar-refractivity contribution in [3.05, 3.63) is 35.6 Å². The summed E-state index contributed by atoms with van der Waals surface area (Å²) in [4.78, 5) is 0. The third-order valence-corrected chi connectivity index (χ3v) is 3.79. The molecule has 0 heterocycles. The topological polar surface area (TPSA) is 38.0 Å². The van der Waals surface area contributed by atoms with E-state index in [2.05, 4.69) is 12.2 Å². The van der Waals surface area contributed by atoms with Gasteiger partial charge in [-0.15, -0.1) is 0 Å². The fraction of sp³-hybridized carbons (Fsp3) is 0.600. The summed E-state index contributed by atoms with van der Waals surface area (Å²) >= 11 is 0. The number of rotatable bonds is 7. The summed E-state index contributed by atoms with van der Waals surface area (Å²) in [5.41, 5.74) is 6.38. The summed E-state index contributed by atoms with van der Waals surface area (Å²) in [6, 6.07) is 6.95. The SMILES string of the molecule is CC(CN)(Cc1ccccc1F)NCCC1CC1. The van der Waals surface area contributed by atoms with Crippen LogP contribution in [0.5, 0.6) is 0 Å². The lowest BCUT2D eigenvalue weighted by molar-refractivity contribution is 0.351. The van der Waals surface area contributed by atoms with Crippen LogP contribution in [0.25, 0.3) is 0 Å². The third kappa shape index (κ3) is 3.79. The van der Waals surface area contributed by atoms with Crippen LogP contribution < -0.4 is 11.1 Å². The molecule has 3 N–H and O–H groups in total. The van der Waals surface area contributed by atoms with E-state index in [9.17, 15) is 4.39 Å². The Morgan fingerprint density at radius 3 is 2.72 bits per heavy atom. The molecule has 1 unspecified atom stereocenters. The molecule has 18 heavy (non-hydrogen) atoms. The minimum Gasteiger partial charge on any atom is -0.329 e. The molecule has 2 nitrogen and oxygen atoms in total. The molecule has 1 fully saturated rings. The Morgan fingerprint density at radius 1 is 1.39 bits per heavy atom. The highest BCUT2D eigenvalue weighted by molar-refractivity contribution is 5.20. The standard InChI is InChI=1S/C15H23FN2/c1-15(11-17,18-9-8-12-6-7-12)10-13-4-2-3-5-14(13)16/h2-5,12,18H,6-11,17H2,1H3. The number of hydrogen-bond acceptors (Lipinski definition) is 2. The lowest BCUT2D eigenvalue weighted by Gasteiger charge is -2.30. The second-order valence-electron chi connectivity index (χ2n) is 5.69. The minimum atomic E-state index is -0.211. The Balaban J connectivity index is 1.91. The van der Waals surface area contributed by atoms with Crippen LogP contribution in [0, 0.1) is 11.7 Å². The highest BCUT2D eigenvalue weighted by Gasteiger charge is 2.26. The molecule has 1 aliphatic rings. The molecular weight excluding hydrogens is 227 g/mol. The highest BCUT2D eigenvalue weighted by Crippen LogP contribution is 2.32. The van der Waals surface area contributed by atoms with Crippen LogP contribution in [0.3, 0.4) is 0 Å². The maximum Gasteiger partial charge on any atom is 0.126 e. The van der Waals surface area contributed by atoms with Crippen molar-refractivity contribution < 1.29 is 4.39 Å². The lowest BCUT2D eigenvalue weighted by atomic mass is 9.92. The molecule has 1 aromatic rings. The fourth-order valence-corrected chi connectivity index (χ4v) is 2.25. The molecule has 1 aromatic carbocycles. The minimum absolute atomic E-state index is 0.138. The normalized spacial score (nSPS) is 18.6.